The molecule has 0 radical (unpaired) electrons. The molecule has 16 heavy (non-hydrogen) atoms. The first-order chi connectivity index (χ1) is 7.65. The van der Waals surface area contributed by atoms with Crippen molar-refractivity contribution in [3.8, 4) is 0 Å². The van der Waals surface area contributed by atoms with Crippen molar-refractivity contribution in [1.82, 2.24) is 4.98 Å². The number of hydrogen-bond donors (Lipinski definition) is 0. The molecule has 0 saturated carbocycles. The van der Waals surface area contributed by atoms with Crippen molar-refractivity contribution in [2.45, 2.75) is 19.3 Å². The minimum atomic E-state index is 0.560. The molecule has 1 rings (SSSR count). The van der Waals surface area contributed by atoms with E-state index in [2.05, 4.69) is 4.98 Å². The lowest BCUT2D eigenvalue weighted by Gasteiger charge is -2.19. The molecule has 0 aromatic carbocycles. The molecule has 1 aromatic heterocycles. The second-order valence-electron chi connectivity index (χ2n) is 3.63. The number of rotatable bonds is 6. The van der Waals surface area contributed by atoms with Gasteiger partial charge in [0.1, 0.15) is 5.82 Å². The molecule has 0 fully saturated rings. The molecule has 2 nitrogen and oxygen atoms in total. The Morgan fingerprint density at radius 3 is 2.62 bits per heavy atom. The van der Waals surface area contributed by atoms with Gasteiger partial charge in [-0.1, -0.05) is 29.6 Å². The molecule has 0 unspecified atom stereocenters. The van der Waals surface area contributed by atoms with Crippen LogP contribution >= 0.6 is 34.8 Å². The van der Waals surface area contributed by atoms with Crippen LogP contribution < -0.4 is 4.90 Å². The molecule has 0 amide bonds. The molecule has 0 atom stereocenters. The molecule has 1 heterocycles. The van der Waals surface area contributed by atoms with Gasteiger partial charge in [0, 0.05) is 25.7 Å². The normalized spacial score (nSPS) is 10.5. The Balaban J connectivity index is 2.49. The van der Waals surface area contributed by atoms with Gasteiger partial charge in [-0.15, -0.1) is 11.6 Å². The van der Waals surface area contributed by atoms with E-state index in [0.717, 1.165) is 37.5 Å². The topological polar surface area (TPSA) is 16.1 Å². The summed E-state index contributed by atoms with van der Waals surface area (Å²) in [7, 11) is 1.98. The number of nitrogens with zero attached hydrogens (tertiary/aromatic N) is 2. The number of alkyl halides is 1. The fourth-order valence-corrected chi connectivity index (χ4v) is 2.13. The van der Waals surface area contributed by atoms with Gasteiger partial charge >= 0.3 is 0 Å². The average molecular weight is 282 g/mol. The van der Waals surface area contributed by atoms with Gasteiger partial charge in [-0.2, -0.15) is 0 Å². The Labute approximate surface area is 112 Å². The molecule has 0 aliphatic carbocycles. The van der Waals surface area contributed by atoms with Crippen molar-refractivity contribution in [3.63, 3.8) is 0 Å². The lowest BCUT2D eigenvalue weighted by Crippen LogP contribution is -2.20. The van der Waals surface area contributed by atoms with E-state index in [-0.39, 0.29) is 0 Å². The van der Waals surface area contributed by atoms with Gasteiger partial charge in [0.2, 0.25) is 0 Å². The standard InChI is InChI=1S/C11H15Cl3N2/c1-16(6-4-2-3-5-12)11-10(14)7-9(13)8-15-11/h7-8H,2-6H2,1H3. The predicted octanol–water partition coefficient (Wildman–Crippen LogP) is 4.23. The highest BCUT2D eigenvalue weighted by Gasteiger charge is 2.07. The van der Waals surface area contributed by atoms with Crippen molar-refractivity contribution in [2.75, 3.05) is 24.4 Å². The summed E-state index contributed by atoms with van der Waals surface area (Å²) in [6.07, 6.45) is 4.87. The minimum absolute atomic E-state index is 0.560. The molecule has 0 N–H and O–H groups in total. The highest BCUT2D eigenvalue weighted by atomic mass is 35.5. The van der Waals surface area contributed by atoms with E-state index >= 15 is 0 Å². The first kappa shape index (κ1) is 13.9. The van der Waals surface area contributed by atoms with Crippen LogP contribution in [0.15, 0.2) is 12.3 Å². The summed E-state index contributed by atoms with van der Waals surface area (Å²) in [6, 6.07) is 1.71. The average Bonchev–Trinajstić information content (AvgIpc) is 2.24. The maximum atomic E-state index is 6.05. The number of halogens is 3. The predicted molar refractivity (Wildman–Crippen MR) is 72.1 cm³/mol. The smallest absolute Gasteiger partial charge is 0.147 e. The van der Waals surface area contributed by atoms with Crippen LogP contribution in [0.5, 0.6) is 0 Å². The van der Waals surface area contributed by atoms with Crippen LogP contribution in [0.1, 0.15) is 19.3 Å². The van der Waals surface area contributed by atoms with Crippen LogP contribution in [0.25, 0.3) is 0 Å². The van der Waals surface area contributed by atoms with E-state index in [1.165, 1.54) is 0 Å². The van der Waals surface area contributed by atoms with E-state index < -0.39 is 0 Å². The van der Waals surface area contributed by atoms with E-state index in [4.69, 9.17) is 34.8 Å². The second kappa shape index (κ2) is 7.21. The zero-order valence-electron chi connectivity index (χ0n) is 9.22. The van der Waals surface area contributed by atoms with E-state index in [0.29, 0.717) is 10.0 Å². The zero-order valence-corrected chi connectivity index (χ0v) is 11.5. The summed E-state index contributed by atoms with van der Waals surface area (Å²) in [5, 5.41) is 1.15. The van der Waals surface area contributed by atoms with Crippen molar-refractivity contribution in [3.05, 3.63) is 22.3 Å². The zero-order chi connectivity index (χ0) is 12.0. The van der Waals surface area contributed by atoms with E-state index in [1.807, 2.05) is 11.9 Å². The molecular weight excluding hydrogens is 266 g/mol. The van der Waals surface area contributed by atoms with E-state index in [1.54, 1.807) is 12.3 Å². The number of anilines is 1. The lowest BCUT2D eigenvalue weighted by molar-refractivity contribution is 0.704. The largest absolute Gasteiger partial charge is 0.358 e. The van der Waals surface area contributed by atoms with Gasteiger partial charge in [-0.05, 0) is 18.9 Å². The lowest BCUT2D eigenvalue weighted by atomic mass is 10.2. The Hall–Kier alpha value is -0.180. The third-order valence-electron chi connectivity index (χ3n) is 2.28. The summed E-state index contributed by atoms with van der Waals surface area (Å²) in [5.41, 5.74) is 0. The molecule has 0 spiro atoms. The van der Waals surface area contributed by atoms with Crippen LogP contribution in [0, 0.1) is 0 Å². The van der Waals surface area contributed by atoms with E-state index in [9.17, 15) is 0 Å². The SMILES string of the molecule is CN(CCCCCCl)c1ncc(Cl)cc1Cl. The highest BCUT2D eigenvalue weighted by molar-refractivity contribution is 6.35. The number of aromatic nitrogens is 1. The Bertz CT molecular complexity index is 331. The molecule has 0 saturated heterocycles. The van der Waals surface area contributed by atoms with Gasteiger partial charge in [0.25, 0.3) is 0 Å². The van der Waals surface area contributed by atoms with Crippen molar-refractivity contribution < 1.29 is 0 Å². The maximum absolute atomic E-state index is 6.05. The third kappa shape index (κ3) is 4.36. The summed E-state index contributed by atoms with van der Waals surface area (Å²) in [4.78, 5) is 6.25. The molecule has 0 aliphatic rings. The van der Waals surface area contributed by atoms with Gasteiger partial charge < -0.3 is 4.90 Å². The van der Waals surface area contributed by atoms with Crippen molar-refractivity contribution in [1.29, 1.82) is 0 Å². The van der Waals surface area contributed by atoms with Crippen molar-refractivity contribution >= 4 is 40.6 Å². The minimum Gasteiger partial charge on any atom is -0.358 e. The van der Waals surface area contributed by atoms with Crippen molar-refractivity contribution in [2.24, 2.45) is 0 Å². The Morgan fingerprint density at radius 2 is 2.00 bits per heavy atom. The number of hydrogen-bond acceptors (Lipinski definition) is 2. The monoisotopic (exact) mass is 280 g/mol. The van der Waals surface area contributed by atoms with Gasteiger partial charge in [-0.25, -0.2) is 4.98 Å². The molecular formula is C11H15Cl3N2. The maximum Gasteiger partial charge on any atom is 0.147 e. The Kier molecular flexibility index (Phi) is 6.25. The van der Waals surface area contributed by atoms with Gasteiger partial charge in [0.05, 0.1) is 10.0 Å². The van der Waals surface area contributed by atoms with Gasteiger partial charge in [0.15, 0.2) is 0 Å². The molecule has 0 bridgehead atoms. The van der Waals surface area contributed by atoms with Crippen LogP contribution in [0.4, 0.5) is 5.82 Å². The van der Waals surface area contributed by atoms with Crippen LogP contribution in [0.3, 0.4) is 0 Å². The summed E-state index contributed by atoms with van der Waals surface area (Å²) >= 11 is 17.5. The quantitative estimate of drug-likeness (QED) is 0.573. The summed E-state index contributed by atoms with van der Waals surface area (Å²) in [5.74, 6) is 1.50. The highest BCUT2D eigenvalue weighted by Crippen LogP contribution is 2.25. The van der Waals surface area contributed by atoms with Gasteiger partial charge in [-0.3, -0.25) is 0 Å². The Morgan fingerprint density at radius 1 is 1.25 bits per heavy atom. The summed E-state index contributed by atoms with van der Waals surface area (Å²) < 4.78 is 0. The fraction of sp³-hybridized carbons (Fsp3) is 0.545. The first-order valence-electron chi connectivity index (χ1n) is 5.23. The summed E-state index contributed by atoms with van der Waals surface area (Å²) in [6.45, 7) is 0.922. The molecule has 0 aliphatic heterocycles. The number of pyridine rings is 1. The second-order valence-corrected chi connectivity index (χ2v) is 4.85. The molecule has 1 aromatic rings. The fourth-order valence-electron chi connectivity index (χ4n) is 1.41. The van der Waals surface area contributed by atoms with Crippen LogP contribution in [-0.4, -0.2) is 24.5 Å². The first-order valence-corrected chi connectivity index (χ1v) is 6.52. The van der Waals surface area contributed by atoms with Crippen LogP contribution in [0.2, 0.25) is 10.0 Å². The third-order valence-corrected chi connectivity index (χ3v) is 3.03. The molecule has 5 heteroatoms. The number of unbranched alkanes of at least 4 members (excludes halogenated alkanes) is 2. The molecule has 90 valence electrons. The van der Waals surface area contributed by atoms with Crippen LogP contribution in [-0.2, 0) is 0 Å².